The van der Waals surface area contributed by atoms with Crippen LogP contribution in [-0.2, 0) is 17.8 Å². The van der Waals surface area contributed by atoms with Gasteiger partial charge < -0.3 is 9.72 Å². The molecule has 3 nitrogen and oxygen atoms in total. The highest BCUT2D eigenvalue weighted by molar-refractivity contribution is 5.80. The molecule has 1 N–H and O–H groups in total. The van der Waals surface area contributed by atoms with E-state index in [0.717, 1.165) is 5.69 Å². The predicted octanol–water partition coefficient (Wildman–Crippen LogP) is 2.05. The summed E-state index contributed by atoms with van der Waals surface area (Å²) in [5, 5.41) is 0.535. The minimum absolute atomic E-state index is 0.0449. The van der Waals surface area contributed by atoms with Crippen LogP contribution in [0.25, 0.3) is 10.9 Å². The van der Waals surface area contributed by atoms with Crippen molar-refractivity contribution in [3.63, 3.8) is 0 Å². The van der Waals surface area contributed by atoms with E-state index in [1.807, 2.05) is 0 Å². The van der Waals surface area contributed by atoms with Crippen molar-refractivity contribution in [1.82, 2.24) is 4.98 Å². The number of H-pyrrole nitrogens is 1. The Morgan fingerprint density at radius 1 is 1.41 bits per heavy atom. The number of fused-ring (bicyclic) bond motifs is 2. The third-order valence-corrected chi connectivity index (χ3v) is 3.21. The zero-order chi connectivity index (χ0) is 12.0. The number of pyridine rings is 1. The second-order valence-corrected chi connectivity index (χ2v) is 4.36. The molecular weight excluding hydrogens is 221 g/mol. The van der Waals surface area contributed by atoms with Crippen LogP contribution in [0.5, 0.6) is 0 Å². The average molecular weight is 233 g/mol. The van der Waals surface area contributed by atoms with Gasteiger partial charge in [-0.15, -0.1) is 0 Å². The summed E-state index contributed by atoms with van der Waals surface area (Å²) >= 11 is 0. The van der Waals surface area contributed by atoms with Gasteiger partial charge in [0.1, 0.15) is 5.82 Å². The molecule has 4 heteroatoms. The van der Waals surface area contributed by atoms with Crippen LogP contribution in [0.1, 0.15) is 16.8 Å². The van der Waals surface area contributed by atoms with Gasteiger partial charge in [0.25, 0.3) is 0 Å². The summed E-state index contributed by atoms with van der Waals surface area (Å²) in [4.78, 5) is 15.4. The SMILES string of the molecule is Cc1cc2c(=O)c3c([nH]c2cc1F)CCOC3. The molecule has 0 fully saturated rings. The molecule has 0 saturated heterocycles. The first-order valence-electron chi connectivity index (χ1n) is 5.58. The maximum atomic E-state index is 13.5. The summed E-state index contributed by atoms with van der Waals surface area (Å²) in [5.41, 5.74) is 2.56. The molecule has 1 aromatic heterocycles. The number of rotatable bonds is 0. The summed E-state index contributed by atoms with van der Waals surface area (Å²) in [7, 11) is 0. The molecule has 2 heterocycles. The fourth-order valence-electron chi connectivity index (χ4n) is 2.22. The van der Waals surface area contributed by atoms with Crippen molar-refractivity contribution in [2.45, 2.75) is 20.0 Å². The Morgan fingerprint density at radius 2 is 2.24 bits per heavy atom. The van der Waals surface area contributed by atoms with E-state index in [1.165, 1.54) is 6.07 Å². The molecule has 0 spiro atoms. The third-order valence-electron chi connectivity index (χ3n) is 3.21. The van der Waals surface area contributed by atoms with Crippen LogP contribution in [-0.4, -0.2) is 11.6 Å². The lowest BCUT2D eigenvalue weighted by Crippen LogP contribution is -2.21. The first-order valence-corrected chi connectivity index (χ1v) is 5.58. The van der Waals surface area contributed by atoms with E-state index in [4.69, 9.17) is 4.74 Å². The van der Waals surface area contributed by atoms with Gasteiger partial charge in [0.2, 0.25) is 0 Å². The normalized spacial score (nSPS) is 14.9. The van der Waals surface area contributed by atoms with Gasteiger partial charge >= 0.3 is 0 Å². The fourth-order valence-corrected chi connectivity index (χ4v) is 2.22. The van der Waals surface area contributed by atoms with Gasteiger partial charge in [-0.25, -0.2) is 4.39 Å². The van der Waals surface area contributed by atoms with Crippen molar-refractivity contribution in [2.24, 2.45) is 0 Å². The zero-order valence-corrected chi connectivity index (χ0v) is 9.47. The molecule has 17 heavy (non-hydrogen) atoms. The highest BCUT2D eigenvalue weighted by Gasteiger charge is 2.16. The Kier molecular flexibility index (Phi) is 2.26. The van der Waals surface area contributed by atoms with Gasteiger partial charge in [0.15, 0.2) is 5.43 Å². The van der Waals surface area contributed by atoms with E-state index in [9.17, 15) is 9.18 Å². The maximum absolute atomic E-state index is 13.5. The van der Waals surface area contributed by atoms with E-state index in [1.54, 1.807) is 13.0 Å². The van der Waals surface area contributed by atoms with Gasteiger partial charge in [-0.1, -0.05) is 0 Å². The van der Waals surface area contributed by atoms with Crippen molar-refractivity contribution in [3.8, 4) is 0 Å². The molecule has 2 aromatic rings. The van der Waals surface area contributed by atoms with Crippen molar-refractivity contribution in [1.29, 1.82) is 0 Å². The van der Waals surface area contributed by atoms with Crippen molar-refractivity contribution in [3.05, 3.63) is 45.0 Å². The van der Waals surface area contributed by atoms with Crippen molar-refractivity contribution >= 4 is 10.9 Å². The van der Waals surface area contributed by atoms with Crippen LogP contribution in [0.3, 0.4) is 0 Å². The highest BCUT2D eigenvalue weighted by atomic mass is 19.1. The minimum Gasteiger partial charge on any atom is -0.376 e. The fraction of sp³-hybridized carbons (Fsp3) is 0.308. The van der Waals surface area contributed by atoms with Crippen LogP contribution in [0, 0.1) is 12.7 Å². The van der Waals surface area contributed by atoms with E-state index in [0.29, 0.717) is 41.7 Å². The summed E-state index contributed by atoms with van der Waals surface area (Å²) < 4.78 is 18.8. The van der Waals surface area contributed by atoms with Gasteiger partial charge in [-0.3, -0.25) is 4.79 Å². The summed E-state index contributed by atoms with van der Waals surface area (Å²) in [6.07, 6.45) is 0.677. The number of aromatic nitrogens is 1. The second kappa shape index (κ2) is 3.67. The Bertz CT molecular complexity index is 660. The number of aromatic amines is 1. The Labute approximate surface area is 97.2 Å². The van der Waals surface area contributed by atoms with Crippen LogP contribution in [0.4, 0.5) is 4.39 Å². The van der Waals surface area contributed by atoms with Crippen molar-refractivity contribution < 1.29 is 9.13 Å². The van der Waals surface area contributed by atoms with Gasteiger partial charge in [0, 0.05) is 23.1 Å². The monoisotopic (exact) mass is 233 g/mol. The van der Waals surface area contributed by atoms with Gasteiger partial charge in [-0.05, 0) is 24.6 Å². The molecule has 1 aliphatic heterocycles. The topological polar surface area (TPSA) is 42.1 Å². The number of ether oxygens (including phenoxy) is 1. The van der Waals surface area contributed by atoms with Crippen LogP contribution >= 0.6 is 0 Å². The smallest absolute Gasteiger partial charge is 0.195 e. The molecule has 3 rings (SSSR count). The molecule has 0 amide bonds. The van der Waals surface area contributed by atoms with E-state index in [-0.39, 0.29) is 11.2 Å². The molecule has 0 saturated carbocycles. The Morgan fingerprint density at radius 3 is 3.06 bits per heavy atom. The zero-order valence-electron chi connectivity index (χ0n) is 9.47. The van der Waals surface area contributed by atoms with Crippen LogP contribution in [0.2, 0.25) is 0 Å². The lowest BCUT2D eigenvalue weighted by Gasteiger charge is -2.16. The molecule has 0 atom stereocenters. The Balaban J connectivity index is 2.40. The molecule has 0 radical (unpaired) electrons. The maximum Gasteiger partial charge on any atom is 0.195 e. The van der Waals surface area contributed by atoms with Gasteiger partial charge in [0.05, 0.1) is 18.7 Å². The molecule has 0 bridgehead atoms. The molecule has 0 aliphatic carbocycles. The molecule has 0 unspecified atom stereocenters. The summed E-state index contributed by atoms with van der Waals surface area (Å²) in [6.45, 7) is 2.60. The summed E-state index contributed by atoms with van der Waals surface area (Å²) in [5.74, 6) is -0.292. The molecule has 88 valence electrons. The van der Waals surface area contributed by atoms with Crippen LogP contribution in [0.15, 0.2) is 16.9 Å². The number of nitrogens with one attached hydrogen (secondary N) is 1. The number of hydrogen-bond acceptors (Lipinski definition) is 2. The summed E-state index contributed by atoms with van der Waals surface area (Å²) in [6, 6.07) is 2.99. The van der Waals surface area contributed by atoms with E-state index in [2.05, 4.69) is 4.98 Å². The predicted molar refractivity (Wildman–Crippen MR) is 62.6 cm³/mol. The highest BCUT2D eigenvalue weighted by Crippen LogP contribution is 2.19. The minimum atomic E-state index is -0.292. The largest absolute Gasteiger partial charge is 0.376 e. The van der Waals surface area contributed by atoms with Crippen LogP contribution < -0.4 is 5.43 Å². The first-order chi connectivity index (χ1) is 8.16. The first kappa shape index (κ1) is 10.5. The quantitative estimate of drug-likeness (QED) is 0.756. The molecule has 1 aromatic carbocycles. The Hall–Kier alpha value is -1.68. The number of hydrogen-bond donors (Lipinski definition) is 1. The van der Waals surface area contributed by atoms with E-state index >= 15 is 0 Å². The number of halogens is 1. The second-order valence-electron chi connectivity index (χ2n) is 4.36. The molecule has 1 aliphatic rings. The third kappa shape index (κ3) is 1.56. The molecular formula is C13H12FNO2. The number of benzene rings is 1. The number of aryl methyl sites for hydroxylation is 1. The van der Waals surface area contributed by atoms with Gasteiger partial charge in [-0.2, -0.15) is 0 Å². The standard InChI is InChI=1S/C13H12FNO2/c1-7-4-8-12(5-10(7)14)15-11-2-3-17-6-9(11)13(8)16/h4-5H,2-3,6H2,1H3,(H,15,16). The average Bonchev–Trinajstić information content (AvgIpc) is 2.32. The lowest BCUT2D eigenvalue weighted by atomic mass is 10.0. The van der Waals surface area contributed by atoms with Crippen molar-refractivity contribution in [2.75, 3.05) is 6.61 Å². The lowest BCUT2D eigenvalue weighted by molar-refractivity contribution is 0.109. The van der Waals surface area contributed by atoms with E-state index < -0.39 is 0 Å².